The molecule has 1 atom stereocenters. The second kappa shape index (κ2) is 6.24. The van der Waals surface area contributed by atoms with Gasteiger partial charge in [-0.1, -0.05) is 11.6 Å². The second-order valence-corrected chi connectivity index (χ2v) is 7.23. The van der Waals surface area contributed by atoms with Crippen molar-refractivity contribution in [2.45, 2.75) is 32.0 Å². The number of aryl methyl sites for hydroxylation is 1. The van der Waals surface area contributed by atoms with Gasteiger partial charge in [0.15, 0.2) is 5.60 Å². The molecule has 0 bridgehead atoms. The minimum atomic E-state index is -1.59. The van der Waals surface area contributed by atoms with Gasteiger partial charge in [0.1, 0.15) is 6.07 Å². The topological polar surface area (TPSA) is 65.1 Å². The van der Waals surface area contributed by atoms with E-state index in [1.54, 1.807) is 24.5 Å². The maximum atomic E-state index is 11.1. The van der Waals surface area contributed by atoms with Gasteiger partial charge in [0.2, 0.25) is 0 Å². The van der Waals surface area contributed by atoms with Crippen LogP contribution in [0.15, 0.2) is 42.7 Å². The van der Waals surface area contributed by atoms with E-state index in [1.807, 2.05) is 0 Å². The maximum absolute atomic E-state index is 11.1. The summed E-state index contributed by atoms with van der Waals surface area (Å²) in [5, 5.41) is 22.1. The molecule has 5 heteroatoms. The van der Waals surface area contributed by atoms with Crippen molar-refractivity contribution < 1.29 is 5.11 Å². The van der Waals surface area contributed by atoms with E-state index >= 15 is 0 Å². The van der Waals surface area contributed by atoms with Crippen LogP contribution >= 0.6 is 0 Å². The summed E-state index contributed by atoms with van der Waals surface area (Å²) in [4.78, 5) is 6.31. The Hall–Kier alpha value is -2.68. The molecule has 26 heavy (non-hydrogen) atoms. The molecule has 0 spiro atoms. The first-order valence-electron chi connectivity index (χ1n) is 8.85. The quantitative estimate of drug-likeness (QED) is 0.741. The molecule has 0 saturated carbocycles. The van der Waals surface area contributed by atoms with Crippen LogP contribution < -0.4 is 0 Å². The molecule has 1 aliphatic heterocycles. The van der Waals surface area contributed by atoms with Crippen molar-refractivity contribution >= 4 is 10.9 Å². The van der Waals surface area contributed by atoms with Crippen molar-refractivity contribution in [1.29, 1.82) is 5.26 Å². The second-order valence-electron chi connectivity index (χ2n) is 7.23. The Balaban J connectivity index is 1.88. The van der Waals surface area contributed by atoms with Crippen molar-refractivity contribution in [3.05, 3.63) is 65.1 Å². The first-order valence-corrected chi connectivity index (χ1v) is 8.85. The predicted octanol–water partition coefficient (Wildman–Crippen LogP) is 2.74. The van der Waals surface area contributed by atoms with Gasteiger partial charge in [-0.05, 0) is 43.8 Å². The Morgan fingerprint density at radius 2 is 2.04 bits per heavy atom. The Bertz CT molecular complexity index is 1000. The average Bonchev–Trinajstić information content (AvgIpc) is 2.94. The molecule has 0 saturated heterocycles. The molecule has 0 amide bonds. The number of aliphatic hydroxyl groups is 1. The first kappa shape index (κ1) is 16.8. The highest BCUT2D eigenvalue weighted by molar-refractivity contribution is 5.86. The lowest BCUT2D eigenvalue weighted by Gasteiger charge is -2.27. The van der Waals surface area contributed by atoms with Crippen molar-refractivity contribution in [3.8, 4) is 6.07 Å². The molecule has 3 aromatic rings. The van der Waals surface area contributed by atoms with Gasteiger partial charge in [0, 0.05) is 54.1 Å². The van der Waals surface area contributed by atoms with E-state index in [-0.39, 0.29) is 6.54 Å². The van der Waals surface area contributed by atoms with Gasteiger partial charge < -0.3 is 14.6 Å². The van der Waals surface area contributed by atoms with Gasteiger partial charge in [-0.3, -0.25) is 4.98 Å². The summed E-state index contributed by atoms with van der Waals surface area (Å²) < 4.78 is 2.14. The third kappa shape index (κ3) is 2.68. The van der Waals surface area contributed by atoms with Crippen LogP contribution in [0.2, 0.25) is 0 Å². The number of fused-ring (bicyclic) bond motifs is 3. The molecule has 4 rings (SSSR count). The lowest BCUT2D eigenvalue weighted by Crippen LogP contribution is -2.32. The molecule has 0 aliphatic carbocycles. The molecule has 0 radical (unpaired) electrons. The number of pyridine rings is 1. The zero-order valence-corrected chi connectivity index (χ0v) is 15.1. The van der Waals surface area contributed by atoms with Crippen LogP contribution in [0.5, 0.6) is 0 Å². The van der Waals surface area contributed by atoms with Crippen LogP contribution in [0.25, 0.3) is 10.9 Å². The summed E-state index contributed by atoms with van der Waals surface area (Å²) in [5.74, 6) is 0. The molecule has 1 aliphatic rings. The van der Waals surface area contributed by atoms with Crippen LogP contribution in [0.1, 0.15) is 22.4 Å². The molecule has 1 unspecified atom stereocenters. The van der Waals surface area contributed by atoms with E-state index in [1.165, 1.54) is 22.2 Å². The third-order valence-electron chi connectivity index (χ3n) is 5.33. The van der Waals surface area contributed by atoms with E-state index in [9.17, 15) is 10.4 Å². The zero-order valence-electron chi connectivity index (χ0n) is 15.1. The molecule has 5 nitrogen and oxygen atoms in total. The minimum Gasteiger partial charge on any atom is -0.370 e. The Kier molecular flexibility index (Phi) is 4.03. The molecule has 2 aromatic heterocycles. The minimum absolute atomic E-state index is 0.214. The van der Waals surface area contributed by atoms with Crippen LogP contribution in [0.4, 0.5) is 0 Å². The van der Waals surface area contributed by atoms with Crippen LogP contribution in [0, 0.1) is 18.3 Å². The van der Waals surface area contributed by atoms with E-state index in [2.05, 4.69) is 52.7 Å². The normalized spacial score (nSPS) is 16.8. The monoisotopic (exact) mass is 346 g/mol. The van der Waals surface area contributed by atoms with Crippen molar-refractivity contribution in [1.82, 2.24) is 14.5 Å². The largest absolute Gasteiger partial charge is 0.370 e. The molecule has 0 fully saturated rings. The number of hydrogen-bond acceptors (Lipinski definition) is 4. The lowest BCUT2D eigenvalue weighted by molar-refractivity contribution is 0.0778. The Morgan fingerprint density at radius 3 is 2.77 bits per heavy atom. The highest BCUT2D eigenvalue weighted by Crippen LogP contribution is 2.34. The van der Waals surface area contributed by atoms with Gasteiger partial charge in [-0.25, -0.2) is 0 Å². The Morgan fingerprint density at radius 1 is 1.27 bits per heavy atom. The number of hydrogen-bond donors (Lipinski definition) is 1. The number of aromatic nitrogens is 2. The molecule has 3 heterocycles. The summed E-state index contributed by atoms with van der Waals surface area (Å²) in [7, 11) is 2.13. The van der Waals surface area contributed by atoms with Gasteiger partial charge in [-0.15, -0.1) is 0 Å². The number of benzene rings is 1. The fourth-order valence-electron chi connectivity index (χ4n) is 3.93. The molecule has 1 N–H and O–H groups in total. The van der Waals surface area contributed by atoms with Gasteiger partial charge in [0.25, 0.3) is 0 Å². The fourth-order valence-corrected chi connectivity index (χ4v) is 3.93. The number of likely N-dealkylation sites (N-methyl/N-ethyl adjacent to an activating group) is 1. The van der Waals surface area contributed by atoms with E-state index in [4.69, 9.17) is 0 Å². The number of rotatable bonds is 3. The van der Waals surface area contributed by atoms with Crippen molar-refractivity contribution in [2.24, 2.45) is 0 Å². The van der Waals surface area contributed by atoms with E-state index < -0.39 is 5.60 Å². The number of nitriles is 1. The van der Waals surface area contributed by atoms with Gasteiger partial charge >= 0.3 is 0 Å². The average molecular weight is 346 g/mol. The zero-order chi connectivity index (χ0) is 18.3. The summed E-state index contributed by atoms with van der Waals surface area (Å²) in [5.41, 5.74) is 3.83. The van der Waals surface area contributed by atoms with Crippen LogP contribution in [0.3, 0.4) is 0 Å². The highest BCUT2D eigenvalue weighted by Gasteiger charge is 2.33. The van der Waals surface area contributed by atoms with E-state index in [0.29, 0.717) is 5.56 Å². The molecular weight excluding hydrogens is 324 g/mol. The summed E-state index contributed by atoms with van der Waals surface area (Å²) in [6, 6.07) is 11.9. The third-order valence-corrected chi connectivity index (χ3v) is 5.33. The summed E-state index contributed by atoms with van der Waals surface area (Å²) >= 11 is 0. The standard InChI is InChI=1S/C21H22N4O/c1-15-3-4-19-17(11-15)18-12-24(2)10-7-20(18)25(19)14-21(26,13-22)16-5-8-23-9-6-16/h3-6,8-9,11,26H,7,10,12,14H2,1-2H3. The molecule has 132 valence electrons. The van der Waals surface area contributed by atoms with Gasteiger partial charge in [0.05, 0.1) is 6.54 Å². The van der Waals surface area contributed by atoms with Crippen LogP contribution in [-0.2, 0) is 25.1 Å². The molecule has 1 aromatic carbocycles. The summed E-state index contributed by atoms with van der Waals surface area (Å²) in [6.45, 7) is 4.18. The van der Waals surface area contributed by atoms with Gasteiger partial charge in [-0.2, -0.15) is 5.26 Å². The summed E-state index contributed by atoms with van der Waals surface area (Å²) in [6.07, 6.45) is 4.13. The maximum Gasteiger partial charge on any atom is 0.194 e. The van der Waals surface area contributed by atoms with E-state index in [0.717, 1.165) is 25.0 Å². The Labute approximate surface area is 153 Å². The van der Waals surface area contributed by atoms with Crippen LogP contribution in [-0.4, -0.2) is 33.1 Å². The lowest BCUT2D eigenvalue weighted by atomic mass is 9.96. The van der Waals surface area contributed by atoms with Crippen molar-refractivity contribution in [2.75, 3.05) is 13.6 Å². The SMILES string of the molecule is Cc1ccc2c(c1)c1c(n2CC(O)(C#N)c2ccncc2)CCN(C)C1. The predicted molar refractivity (Wildman–Crippen MR) is 100 cm³/mol. The fraction of sp³-hybridized carbons (Fsp3) is 0.333. The smallest absolute Gasteiger partial charge is 0.194 e. The molecular formula is C21H22N4O. The van der Waals surface area contributed by atoms with Crippen molar-refractivity contribution in [3.63, 3.8) is 0 Å². The number of nitrogens with zero attached hydrogens (tertiary/aromatic N) is 4. The highest BCUT2D eigenvalue weighted by atomic mass is 16.3. The first-order chi connectivity index (χ1) is 12.5.